The van der Waals surface area contributed by atoms with Crippen LogP contribution in [0.3, 0.4) is 0 Å². The number of nitrogens with zero attached hydrogens (tertiary/aromatic N) is 3. The molecule has 210 valence electrons. The number of imidazole rings is 1. The van der Waals surface area contributed by atoms with Crippen molar-refractivity contribution in [2.45, 2.75) is 0 Å². The zero-order valence-electron chi connectivity index (χ0n) is 24.2. The molecule has 1 aliphatic rings. The molecule has 0 saturated heterocycles. The van der Waals surface area contributed by atoms with E-state index >= 15 is 0 Å². The average Bonchev–Trinajstić information content (AvgIpc) is 3.64. The van der Waals surface area contributed by atoms with Crippen molar-refractivity contribution in [1.82, 2.24) is 9.55 Å². The molecule has 10 rings (SSSR count). The van der Waals surface area contributed by atoms with Gasteiger partial charge >= 0.3 is 0 Å². The van der Waals surface area contributed by atoms with Crippen LogP contribution in [0.2, 0.25) is 0 Å². The van der Waals surface area contributed by atoms with Crippen molar-refractivity contribution in [3.05, 3.63) is 152 Å². The van der Waals surface area contributed by atoms with Crippen LogP contribution in [0.5, 0.6) is 0 Å². The fourth-order valence-electron chi connectivity index (χ4n) is 7.12. The summed E-state index contributed by atoms with van der Waals surface area (Å²) in [7, 11) is 0. The summed E-state index contributed by atoms with van der Waals surface area (Å²) >= 11 is 0. The molecule has 7 aromatic carbocycles. The molecule has 45 heavy (non-hydrogen) atoms. The van der Waals surface area contributed by atoms with Crippen molar-refractivity contribution < 1.29 is 4.42 Å². The second-order valence-corrected chi connectivity index (χ2v) is 11.6. The van der Waals surface area contributed by atoms with Gasteiger partial charge in [-0.3, -0.25) is 9.47 Å². The van der Waals surface area contributed by atoms with Gasteiger partial charge in [0.1, 0.15) is 11.2 Å². The van der Waals surface area contributed by atoms with E-state index in [1.54, 1.807) is 0 Å². The van der Waals surface area contributed by atoms with Crippen LogP contribution < -0.4 is 4.90 Å². The highest BCUT2D eigenvalue weighted by Gasteiger charge is 2.30. The molecular weight excluding hydrogens is 550 g/mol. The van der Waals surface area contributed by atoms with E-state index in [9.17, 15) is 0 Å². The summed E-state index contributed by atoms with van der Waals surface area (Å²) in [6.45, 7) is 0. The van der Waals surface area contributed by atoms with Crippen molar-refractivity contribution in [1.29, 1.82) is 0 Å². The molecule has 0 amide bonds. The Morgan fingerprint density at radius 2 is 1.24 bits per heavy atom. The maximum Gasteiger partial charge on any atom is 0.220 e. The maximum absolute atomic E-state index is 6.37. The lowest BCUT2D eigenvalue weighted by Gasteiger charge is -2.24. The molecule has 3 heterocycles. The first-order chi connectivity index (χ1) is 22.3. The zero-order chi connectivity index (χ0) is 29.5. The monoisotopic (exact) mass is 575 g/mol. The van der Waals surface area contributed by atoms with Gasteiger partial charge in [-0.05, 0) is 47.3 Å². The van der Waals surface area contributed by atoms with Crippen LogP contribution in [-0.4, -0.2) is 9.55 Å². The Balaban J connectivity index is 1.22. The number of benzene rings is 7. The number of para-hydroxylation sites is 5. The highest BCUT2D eigenvalue weighted by atomic mass is 16.3. The Morgan fingerprint density at radius 3 is 2.18 bits per heavy atom. The molecule has 0 unspecified atom stereocenters. The summed E-state index contributed by atoms with van der Waals surface area (Å²) in [5.41, 5.74) is 11.7. The van der Waals surface area contributed by atoms with Gasteiger partial charge in [0.2, 0.25) is 5.95 Å². The predicted molar refractivity (Wildman–Crippen MR) is 185 cm³/mol. The van der Waals surface area contributed by atoms with Crippen LogP contribution in [0.1, 0.15) is 0 Å². The van der Waals surface area contributed by atoms with Crippen molar-refractivity contribution in [3.8, 4) is 27.9 Å². The average molecular weight is 576 g/mol. The van der Waals surface area contributed by atoms with E-state index in [1.165, 1.54) is 21.9 Å². The van der Waals surface area contributed by atoms with Crippen LogP contribution >= 0.6 is 0 Å². The first kappa shape index (κ1) is 24.3. The van der Waals surface area contributed by atoms with Crippen LogP contribution in [0.4, 0.5) is 17.3 Å². The SMILES string of the molecule is c1ccc2c(c1)-c1ccc3ccccc3c1-n1c(nc3ccccc31)N2c1ccc(-c2cccc3c2oc2ccccc23)cc1. The zero-order valence-corrected chi connectivity index (χ0v) is 24.2. The van der Waals surface area contributed by atoms with Crippen molar-refractivity contribution in [3.63, 3.8) is 0 Å². The molecule has 4 nitrogen and oxygen atoms in total. The van der Waals surface area contributed by atoms with Crippen LogP contribution in [-0.2, 0) is 0 Å². The number of anilines is 3. The van der Waals surface area contributed by atoms with Crippen molar-refractivity contribution in [2.75, 3.05) is 4.90 Å². The lowest BCUT2D eigenvalue weighted by Crippen LogP contribution is -2.14. The molecule has 0 N–H and O–H groups in total. The first-order valence-electron chi connectivity index (χ1n) is 15.2. The van der Waals surface area contributed by atoms with Crippen LogP contribution in [0.25, 0.3) is 71.7 Å². The van der Waals surface area contributed by atoms with Gasteiger partial charge in [-0.2, -0.15) is 0 Å². The van der Waals surface area contributed by atoms with E-state index in [0.717, 1.165) is 67.1 Å². The van der Waals surface area contributed by atoms with Gasteiger partial charge in [-0.25, -0.2) is 4.98 Å². The summed E-state index contributed by atoms with van der Waals surface area (Å²) in [4.78, 5) is 7.60. The van der Waals surface area contributed by atoms with Crippen LogP contribution in [0.15, 0.2) is 156 Å². The second kappa shape index (κ2) is 9.18. The number of hydrogen-bond acceptors (Lipinski definition) is 3. The molecule has 0 bridgehead atoms. The van der Waals surface area contributed by atoms with Gasteiger partial charge in [0, 0.05) is 38.5 Å². The summed E-state index contributed by atoms with van der Waals surface area (Å²) in [6, 6.07) is 53.6. The molecule has 0 atom stereocenters. The second-order valence-electron chi connectivity index (χ2n) is 11.6. The number of fused-ring (bicyclic) bond motifs is 12. The fourth-order valence-corrected chi connectivity index (χ4v) is 7.12. The smallest absolute Gasteiger partial charge is 0.220 e. The fraction of sp³-hybridized carbons (Fsp3) is 0. The molecular formula is C41H25N3O. The Morgan fingerprint density at radius 1 is 0.511 bits per heavy atom. The molecule has 0 aliphatic carbocycles. The largest absolute Gasteiger partial charge is 0.455 e. The van der Waals surface area contributed by atoms with Gasteiger partial charge in [-0.1, -0.05) is 115 Å². The highest BCUT2D eigenvalue weighted by molar-refractivity contribution is 6.10. The molecule has 0 saturated carbocycles. The Kier molecular flexibility index (Phi) is 4.96. The van der Waals surface area contributed by atoms with Gasteiger partial charge in [-0.15, -0.1) is 0 Å². The molecule has 0 fully saturated rings. The summed E-state index contributed by atoms with van der Waals surface area (Å²) in [5.74, 6) is 0.867. The predicted octanol–water partition coefficient (Wildman–Crippen LogP) is 11.2. The minimum Gasteiger partial charge on any atom is -0.455 e. The van der Waals surface area contributed by atoms with E-state index in [1.807, 2.05) is 12.1 Å². The molecule has 1 aliphatic heterocycles. The summed E-state index contributed by atoms with van der Waals surface area (Å²) in [5, 5.41) is 4.67. The number of hydrogen-bond donors (Lipinski definition) is 0. The lowest BCUT2D eigenvalue weighted by molar-refractivity contribution is 0.670. The third-order valence-corrected chi connectivity index (χ3v) is 9.14. The van der Waals surface area contributed by atoms with E-state index in [4.69, 9.17) is 9.40 Å². The van der Waals surface area contributed by atoms with E-state index in [2.05, 4.69) is 149 Å². The minimum atomic E-state index is 0.867. The topological polar surface area (TPSA) is 34.2 Å². The Labute approximate surface area is 259 Å². The van der Waals surface area contributed by atoms with Gasteiger partial charge in [0.15, 0.2) is 0 Å². The molecule has 0 spiro atoms. The van der Waals surface area contributed by atoms with E-state index in [-0.39, 0.29) is 0 Å². The Bertz CT molecular complexity index is 2610. The number of furan rings is 1. The third kappa shape index (κ3) is 3.45. The van der Waals surface area contributed by atoms with E-state index in [0.29, 0.717) is 0 Å². The van der Waals surface area contributed by atoms with Crippen molar-refractivity contribution in [2.24, 2.45) is 0 Å². The maximum atomic E-state index is 6.37. The number of rotatable bonds is 2. The quantitative estimate of drug-likeness (QED) is 0.206. The first-order valence-corrected chi connectivity index (χ1v) is 15.2. The molecule has 4 heteroatoms. The summed E-state index contributed by atoms with van der Waals surface area (Å²) < 4.78 is 8.72. The summed E-state index contributed by atoms with van der Waals surface area (Å²) in [6.07, 6.45) is 0. The van der Waals surface area contributed by atoms with Gasteiger partial charge in [0.25, 0.3) is 0 Å². The van der Waals surface area contributed by atoms with Gasteiger partial charge in [0.05, 0.1) is 22.4 Å². The number of aromatic nitrogens is 2. The lowest BCUT2D eigenvalue weighted by atomic mass is 9.96. The van der Waals surface area contributed by atoms with Crippen LogP contribution in [0, 0.1) is 0 Å². The molecule has 2 aromatic heterocycles. The normalized spacial score (nSPS) is 12.4. The highest BCUT2D eigenvalue weighted by Crippen LogP contribution is 2.49. The third-order valence-electron chi connectivity index (χ3n) is 9.14. The Hall–Kier alpha value is -6.13. The molecule has 9 aromatic rings. The van der Waals surface area contributed by atoms with Crippen molar-refractivity contribution >= 4 is 61.1 Å². The van der Waals surface area contributed by atoms with Gasteiger partial charge < -0.3 is 4.42 Å². The van der Waals surface area contributed by atoms with E-state index < -0.39 is 0 Å². The standard InChI is InChI=1S/C41H25N3O/c1-2-11-29-26(10-1)22-25-33-31-12-3-6-17-36(31)43(41-42-35-16-5-7-18-37(35)44(41)39(29)33)28-23-20-27(21-24-28)30-14-9-15-34-32-13-4-8-19-38(32)45-40(30)34/h1-25H. The minimum absolute atomic E-state index is 0.867. The molecule has 0 radical (unpaired) electrons.